The minimum Gasteiger partial charge on any atom is -0.480 e. The Hall–Kier alpha value is -3.83. The van der Waals surface area contributed by atoms with Crippen LogP contribution in [0.2, 0.25) is 0 Å². The number of pyridine rings is 1. The van der Waals surface area contributed by atoms with Gasteiger partial charge in [-0.05, 0) is 99.4 Å². The maximum absolute atomic E-state index is 14.3. The zero-order valence-electron chi connectivity index (χ0n) is 32.1. The van der Waals surface area contributed by atoms with E-state index in [4.69, 9.17) is 4.74 Å². The molecule has 2 heterocycles. The van der Waals surface area contributed by atoms with Crippen molar-refractivity contribution in [2.75, 3.05) is 26.1 Å². The summed E-state index contributed by atoms with van der Waals surface area (Å²) in [5, 5.41) is 48.9. The lowest BCUT2D eigenvalue weighted by Gasteiger charge is -2.40. The zero-order valence-corrected chi connectivity index (χ0v) is 32.9. The number of esters is 1. The fourth-order valence-corrected chi connectivity index (χ4v) is 10.7. The van der Waals surface area contributed by atoms with Crippen LogP contribution in [0.15, 0.2) is 47.0 Å². The fraction of sp³-hybridized carbons (Fsp3) is 0.650. The summed E-state index contributed by atoms with van der Waals surface area (Å²) in [4.78, 5) is 68.5. The Labute approximate surface area is 331 Å². The van der Waals surface area contributed by atoms with E-state index in [1.807, 2.05) is 12.1 Å². The molecule has 0 bridgehead atoms. The van der Waals surface area contributed by atoms with Gasteiger partial charge in [0, 0.05) is 37.8 Å². The predicted molar refractivity (Wildman–Crippen MR) is 208 cm³/mol. The first-order valence-corrected chi connectivity index (χ1v) is 20.9. The van der Waals surface area contributed by atoms with Crippen molar-refractivity contribution in [1.82, 2.24) is 26.3 Å². The van der Waals surface area contributed by atoms with Crippen LogP contribution in [0, 0.1) is 17.3 Å². The molecule has 8 N–H and O–H groups in total. The summed E-state index contributed by atoms with van der Waals surface area (Å²) in [7, 11) is 1.65. The molecule has 56 heavy (non-hydrogen) atoms. The molecule has 0 aromatic carbocycles. The van der Waals surface area contributed by atoms with Gasteiger partial charge in [-0.25, -0.2) is 4.79 Å². The molecule has 3 aliphatic carbocycles. The number of aliphatic carboxylic acids is 2. The lowest BCUT2D eigenvalue weighted by Crippen LogP contribution is -2.53. The second-order valence-corrected chi connectivity index (χ2v) is 16.6. The van der Waals surface area contributed by atoms with Crippen LogP contribution in [0.3, 0.4) is 0 Å². The van der Waals surface area contributed by atoms with Gasteiger partial charge in [-0.1, -0.05) is 43.3 Å². The molecule has 1 fully saturated rings. The van der Waals surface area contributed by atoms with Gasteiger partial charge in [-0.15, -0.1) is 11.8 Å². The van der Waals surface area contributed by atoms with Gasteiger partial charge in [0.1, 0.15) is 23.8 Å². The molecule has 15 nitrogen and oxygen atoms in total. The summed E-state index contributed by atoms with van der Waals surface area (Å²) >= 11 is 1.41. The molecule has 1 saturated carbocycles. The van der Waals surface area contributed by atoms with Crippen molar-refractivity contribution >= 4 is 41.5 Å². The quantitative estimate of drug-likeness (QED) is 0.0571. The number of nitrogens with one attached hydrogen (secondary N) is 4. The number of amides is 2. The van der Waals surface area contributed by atoms with Crippen molar-refractivity contribution in [3.8, 4) is 0 Å². The molecule has 1 aliphatic heterocycles. The summed E-state index contributed by atoms with van der Waals surface area (Å²) in [5.74, 6) is -4.56. The van der Waals surface area contributed by atoms with Crippen molar-refractivity contribution in [2.45, 2.75) is 120 Å². The molecule has 2 amide bonds. The number of aliphatic hydroxyl groups excluding tert-OH is 2. The van der Waals surface area contributed by atoms with Crippen LogP contribution in [0.5, 0.6) is 0 Å². The molecule has 16 heteroatoms. The smallest absolute Gasteiger partial charge is 0.353 e. The maximum Gasteiger partial charge on any atom is 0.353 e. The average Bonchev–Trinajstić information content (AvgIpc) is 3.79. The second-order valence-electron chi connectivity index (χ2n) is 15.5. The minimum absolute atomic E-state index is 0.0140. The largest absolute Gasteiger partial charge is 0.480 e. The van der Waals surface area contributed by atoms with E-state index in [1.165, 1.54) is 17.3 Å². The van der Waals surface area contributed by atoms with E-state index in [0.717, 1.165) is 80.9 Å². The van der Waals surface area contributed by atoms with Crippen LogP contribution in [-0.2, 0) is 35.1 Å². The molecule has 2 unspecified atom stereocenters. The van der Waals surface area contributed by atoms with Gasteiger partial charge in [-0.2, -0.15) is 0 Å². The molecule has 6 atom stereocenters. The third-order valence-corrected chi connectivity index (χ3v) is 13.3. The number of carbonyl (C=O) groups is 5. The third kappa shape index (κ3) is 10.8. The predicted octanol–water partition coefficient (Wildman–Crippen LogP) is 2.77. The number of thioether (sulfide) groups is 1. The Bertz CT molecular complexity index is 1630. The van der Waals surface area contributed by atoms with Crippen molar-refractivity contribution in [3.63, 3.8) is 0 Å². The Morgan fingerprint density at radius 3 is 2.38 bits per heavy atom. The van der Waals surface area contributed by atoms with Crippen LogP contribution in [0.25, 0.3) is 0 Å². The van der Waals surface area contributed by atoms with Crippen LogP contribution in [-0.4, -0.2) is 105 Å². The minimum atomic E-state index is -2.21. The van der Waals surface area contributed by atoms with Gasteiger partial charge >= 0.3 is 17.9 Å². The number of allylic oxidation sites excluding steroid dienone is 1. The highest BCUT2D eigenvalue weighted by atomic mass is 32.2. The molecule has 308 valence electrons. The van der Waals surface area contributed by atoms with Crippen LogP contribution < -0.4 is 21.3 Å². The Kier molecular flexibility index (Phi) is 15.9. The van der Waals surface area contributed by atoms with Crippen molar-refractivity contribution in [1.29, 1.82) is 0 Å². The first-order chi connectivity index (χ1) is 27.0. The van der Waals surface area contributed by atoms with Crippen molar-refractivity contribution < 1.29 is 49.1 Å². The Morgan fingerprint density at radius 1 is 1.00 bits per heavy atom. The van der Waals surface area contributed by atoms with Gasteiger partial charge in [-0.3, -0.25) is 29.5 Å². The summed E-state index contributed by atoms with van der Waals surface area (Å²) in [5.41, 5.74) is 4.03. The van der Waals surface area contributed by atoms with Crippen LogP contribution >= 0.6 is 11.8 Å². The molecule has 1 aromatic rings. The van der Waals surface area contributed by atoms with E-state index < -0.39 is 48.0 Å². The maximum atomic E-state index is 14.3. The third-order valence-electron chi connectivity index (χ3n) is 11.7. The fourth-order valence-electron chi connectivity index (χ4n) is 9.04. The summed E-state index contributed by atoms with van der Waals surface area (Å²) in [6.45, 7) is 0.186. The number of ether oxygens (including phenoxy) is 1. The summed E-state index contributed by atoms with van der Waals surface area (Å²) in [6, 6.07) is 1.64. The average molecular weight is 800 g/mol. The summed E-state index contributed by atoms with van der Waals surface area (Å²) < 4.78 is 6.45. The first kappa shape index (κ1) is 43.3. The number of hydrogen-bond donors (Lipinski definition) is 8. The van der Waals surface area contributed by atoms with Crippen molar-refractivity contribution in [2.24, 2.45) is 17.3 Å². The molecule has 0 saturated heterocycles. The Balaban J connectivity index is 1.50. The molecule has 1 aromatic heterocycles. The lowest BCUT2D eigenvalue weighted by molar-refractivity contribution is -0.151. The highest BCUT2D eigenvalue weighted by Gasteiger charge is 2.53. The monoisotopic (exact) mass is 799 g/mol. The van der Waals surface area contributed by atoms with Crippen LogP contribution in [0.4, 0.5) is 0 Å². The number of carboxylic acids is 2. The number of aromatic nitrogens is 1. The topological polar surface area (TPSA) is 237 Å². The van der Waals surface area contributed by atoms with E-state index in [-0.39, 0.29) is 54.4 Å². The van der Waals surface area contributed by atoms with Gasteiger partial charge in [0.05, 0.1) is 5.25 Å². The molecular weight excluding hydrogens is 743 g/mol. The van der Waals surface area contributed by atoms with E-state index in [9.17, 15) is 44.4 Å². The second kappa shape index (κ2) is 20.5. The highest BCUT2D eigenvalue weighted by molar-refractivity contribution is 8.00. The lowest BCUT2D eigenvalue weighted by atomic mass is 9.67. The molecule has 0 radical (unpaired) electrons. The molecule has 5 rings (SSSR count). The van der Waals surface area contributed by atoms with Crippen LogP contribution in [0.1, 0.15) is 95.5 Å². The van der Waals surface area contributed by atoms with Gasteiger partial charge in [0.2, 0.25) is 18.0 Å². The molecule has 1 spiro atoms. The summed E-state index contributed by atoms with van der Waals surface area (Å²) in [6.07, 6.45) is 12.1. The molecule has 4 aliphatic rings. The van der Waals surface area contributed by atoms with E-state index >= 15 is 0 Å². The highest BCUT2D eigenvalue weighted by Crippen LogP contribution is 2.58. The SMILES string of the molecule is CNCN[C@@H](CCC(=O)N[C@@H](CSC1C2=C3C(CCCCCC14CCCC4)CC(Cc1ccncc1)=C(CCCO)[C@H]3C(=O)O2)C(=O)N[C@@H](O)C(=O)O)C(=O)O. The van der Waals surface area contributed by atoms with E-state index in [2.05, 4.69) is 26.3 Å². The van der Waals surface area contributed by atoms with Gasteiger partial charge in [0.15, 0.2) is 0 Å². The Morgan fingerprint density at radius 2 is 1.71 bits per heavy atom. The van der Waals surface area contributed by atoms with Gasteiger partial charge < -0.3 is 41.1 Å². The standard InChI is InChI=1S/C40H57N5O10S/c1-41-23-43-28(37(50)51)10-11-30(47)44-29(35(48)45-36(49)38(52)53)22-56-34-33-31-25(8-3-2-4-14-40(34)15-5-6-16-40)21-26(20-24-12-17-42-18-13-24)27(9-7-19-46)32(31)39(54)55-33/h12-13,17-18,25,28-29,32,34,36,41,43,46,49H,2-11,14-16,19-23H2,1H3,(H,44,47)(H,45,48)(H,50,51)(H,52,53)/t25?,28-,29-,32+,34?,36-/m0/s1. The van der Waals surface area contributed by atoms with E-state index in [0.29, 0.717) is 25.0 Å². The number of nitrogens with zero attached hydrogens (tertiary/aromatic N) is 1. The normalized spacial score (nSPS) is 23.6. The van der Waals surface area contributed by atoms with Gasteiger partial charge in [0.25, 0.3) is 0 Å². The number of carboxylic acid groups (broad SMARTS) is 2. The number of rotatable bonds is 19. The number of hydrogen-bond acceptors (Lipinski definition) is 12. The number of carbonyl (C=O) groups excluding carboxylic acids is 3. The van der Waals surface area contributed by atoms with Crippen molar-refractivity contribution in [3.05, 3.63) is 52.6 Å². The zero-order chi connectivity index (χ0) is 40.2. The first-order valence-electron chi connectivity index (χ1n) is 19.9. The molecular formula is C40H57N5O10S. The number of aliphatic hydroxyl groups is 2. The van der Waals surface area contributed by atoms with E-state index in [1.54, 1.807) is 19.4 Å².